The highest BCUT2D eigenvalue weighted by Crippen LogP contribution is 2.25. The van der Waals surface area contributed by atoms with Crippen LogP contribution < -0.4 is 0 Å². The van der Waals surface area contributed by atoms with Crippen molar-refractivity contribution in [2.75, 3.05) is 0 Å². The molecule has 0 nitrogen and oxygen atoms in total. The Labute approximate surface area is 128 Å². The summed E-state index contributed by atoms with van der Waals surface area (Å²) >= 11 is 3.47. The largest absolute Gasteiger partial charge is 0.0876 e. The van der Waals surface area contributed by atoms with Crippen molar-refractivity contribution in [3.8, 4) is 22.3 Å². The number of halogens is 1. The van der Waals surface area contributed by atoms with Crippen LogP contribution in [0.1, 0.15) is 5.56 Å². The number of rotatable bonds is 3. The molecule has 0 amide bonds. The first-order valence-corrected chi connectivity index (χ1v) is 7.80. The molecule has 0 aliphatic carbocycles. The molecule has 0 saturated carbocycles. The van der Waals surface area contributed by atoms with Gasteiger partial charge in [0, 0.05) is 5.33 Å². The van der Waals surface area contributed by atoms with Gasteiger partial charge in [-0.15, -0.1) is 0 Å². The third kappa shape index (κ3) is 2.83. The minimum absolute atomic E-state index is 0.903. The minimum Gasteiger partial charge on any atom is -0.0876 e. The van der Waals surface area contributed by atoms with Crippen molar-refractivity contribution in [2.45, 2.75) is 5.33 Å². The fourth-order valence-electron chi connectivity index (χ4n) is 2.27. The Morgan fingerprint density at radius 2 is 0.900 bits per heavy atom. The highest BCUT2D eigenvalue weighted by Gasteiger charge is 2.00. The number of hydrogen-bond donors (Lipinski definition) is 0. The first-order valence-electron chi connectivity index (χ1n) is 6.67. The van der Waals surface area contributed by atoms with Gasteiger partial charge in [-0.2, -0.15) is 0 Å². The summed E-state index contributed by atoms with van der Waals surface area (Å²) < 4.78 is 0. The van der Waals surface area contributed by atoms with Crippen molar-refractivity contribution in [3.05, 3.63) is 84.4 Å². The van der Waals surface area contributed by atoms with Crippen LogP contribution in [0.5, 0.6) is 0 Å². The van der Waals surface area contributed by atoms with Gasteiger partial charge in [0.25, 0.3) is 0 Å². The van der Waals surface area contributed by atoms with Crippen molar-refractivity contribution >= 4 is 15.9 Å². The standard InChI is InChI=1S/C19H15Br/c20-14-15-6-8-17(9-7-15)19-12-10-18(11-13-19)16-4-2-1-3-5-16/h1-13H,14H2. The lowest BCUT2D eigenvalue weighted by Gasteiger charge is -2.05. The topological polar surface area (TPSA) is 0 Å². The molecule has 0 heterocycles. The molecule has 3 rings (SSSR count). The molecule has 0 saturated heterocycles. The van der Waals surface area contributed by atoms with E-state index in [4.69, 9.17) is 0 Å². The Morgan fingerprint density at radius 1 is 0.500 bits per heavy atom. The maximum atomic E-state index is 3.47. The van der Waals surface area contributed by atoms with E-state index >= 15 is 0 Å². The zero-order chi connectivity index (χ0) is 13.8. The van der Waals surface area contributed by atoms with Crippen LogP contribution in [0.15, 0.2) is 78.9 Å². The molecule has 0 unspecified atom stereocenters. The summed E-state index contributed by atoms with van der Waals surface area (Å²) in [6.45, 7) is 0. The van der Waals surface area contributed by atoms with Gasteiger partial charge in [-0.05, 0) is 27.8 Å². The summed E-state index contributed by atoms with van der Waals surface area (Å²) in [7, 11) is 0. The monoisotopic (exact) mass is 322 g/mol. The first-order chi connectivity index (χ1) is 9.86. The van der Waals surface area contributed by atoms with Crippen LogP contribution in [0.2, 0.25) is 0 Å². The van der Waals surface area contributed by atoms with E-state index < -0.39 is 0 Å². The lowest BCUT2D eigenvalue weighted by Crippen LogP contribution is -1.81. The fourth-order valence-corrected chi connectivity index (χ4v) is 2.65. The third-order valence-electron chi connectivity index (χ3n) is 3.43. The van der Waals surface area contributed by atoms with Crippen LogP contribution in [-0.2, 0) is 5.33 Å². The Bertz CT molecular complexity index is 667. The van der Waals surface area contributed by atoms with Gasteiger partial charge in [0.15, 0.2) is 0 Å². The molecular formula is C19H15Br. The molecule has 0 atom stereocenters. The Balaban J connectivity index is 1.89. The van der Waals surface area contributed by atoms with Crippen LogP contribution in [0.4, 0.5) is 0 Å². The van der Waals surface area contributed by atoms with E-state index in [1.807, 2.05) is 6.07 Å². The van der Waals surface area contributed by atoms with Crippen LogP contribution >= 0.6 is 15.9 Å². The van der Waals surface area contributed by atoms with Gasteiger partial charge in [0.2, 0.25) is 0 Å². The molecular weight excluding hydrogens is 308 g/mol. The van der Waals surface area contributed by atoms with Gasteiger partial charge >= 0.3 is 0 Å². The number of hydrogen-bond acceptors (Lipinski definition) is 0. The predicted octanol–water partition coefficient (Wildman–Crippen LogP) is 5.92. The third-order valence-corrected chi connectivity index (χ3v) is 4.08. The summed E-state index contributed by atoms with van der Waals surface area (Å²) in [5.74, 6) is 0. The predicted molar refractivity (Wildman–Crippen MR) is 89.9 cm³/mol. The highest BCUT2D eigenvalue weighted by atomic mass is 79.9. The normalized spacial score (nSPS) is 10.4. The van der Waals surface area contributed by atoms with Crippen LogP contribution in [0, 0.1) is 0 Å². The molecule has 0 bridgehead atoms. The average molecular weight is 323 g/mol. The Kier molecular flexibility index (Phi) is 3.98. The van der Waals surface area contributed by atoms with Crippen molar-refractivity contribution in [1.29, 1.82) is 0 Å². The lowest BCUT2D eigenvalue weighted by atomic mass is 10.00. The Morgan fingerprint density at radius 3 is 1.35 bits per heavy atom. The first kappa shape index (κ1) is 13.1. The second-order valence-corrected chi connectivity index (χ2v) is 5.33. The molecule has 0 fully saturated rings. The van der Waals surface area contributed by atoms with E-state index in [-0.39, 0.29) is 0 Å². The van der Waals surface area contributed by atoms with E-state index in [0.29, 0.717) is 0 Å². The molecule has 0 radical (unpaired) electrons. The van der Waals surface area contributed by atoms with Gasteiger partial charge in [-0.1, -0.05) is 94.8 Å². The smallest absolute Gasteiger partial charge is 0.0283 e. The van der Waals surface area contributed by atoms with Crippen molar-refractivity contribution in [2.24, 2.45) is 0 Å². The number of alkyl halides is 1. The highest BCUT2D eigenvalue weighted by molar-refractivity contribution is 9.08. The molecule has 20 heavy (non-hydrogen) atoms. The SMILES string of the molecule is BrCc1ccc(-c2ccc(-c3ccccc3)cc2)cc1. The maximum Gasteiger partial charge on any atom is 0.0283 e. The quantitative estimate of drug-likeness (QED) is 0.525. The van der Waals surface area contributed by atoms with E-state index in [9.17, 15) is 0 Å². The number of benzene rings is 3. The minimum atomic E-state index is 0.903. The summed E-state index contributed by atoms with van der Waals surface area (Å²) in [5.41, 5.74) is 6.33. The van der Waals surface area contributed by atoms with Gasteiger partial charge in [0.1, 0.15) is 0 Å². The van der Waals surface area contributed by atoms with E-state index in [1.165, 1.54) is 27.8 Å². The average Bonchev–Trinajstić information content (AvgIpc) is 2.56. The van der Waals surface area contributed by atoms with Crippen molar-refractivity contribution in [1.82, 2.24) is 0 Å². The summed E-state index contributed by atoms with van der Waals surface area (Å²) in [6.07, 6.45) is 0. The van der Waals surface area contributed by atoms with Crippen LogP contribution in [0.3, 0.4) is 0 Å². The van der Waals surface area contributed by atoms with E-state index in [2.05, 4.69) is 88.7 Å². The van der Waals surface area contributed by atoms with E-state index in [1.54, 1.807) is 0 Å². The van der Waals surface area contributed by atoms with Crippen molar-refractivity contribution < 1.29 is 0 Å². The second-order valence-electron chi connectivity index (χ2n) is 4.77. The molecule has 0 N–H and O–H groups in total. The summed E-state index contributed by atoms with van der Waals surface area (Å²) in [4.78, 5) is 0. The molecule has 0 aromatic heterocycles. The molecule has 0 spiro atoms. The Hall–Kier alpha value is -1.86. The maximum absolute atomic E-state index is 3.47. The second kappa shape index (κ2) is 6.06. The summed E-state index contributed by atoms with van der Waals surface area (Å²) in [6, 6.07) is 27.9. The lowest BCUT2D eigenvalue weighted by molar-refractivity contribution is 1.43. The van der Waals surface area contributed by atoms with Gasteiger partial charge < -0.3 is 0 Å². The molecule has 0 aliphatic heterocycles. The molecule has 0 aliphatic rings. The molecule has 3 aromatic carbocycles. The van der Waals surface area contributed by atoms with Gasteiger partial charge in [0.05, 0.1) is 0 Å². The molecule has 98 valence electrons. The van der Waals surface area contributed by atoms with Gasteiger partial charge in [-0.3, -0.25) is 0 Å². The zero-order valence-corrected chi connectivity index (χ0v) is 12.7. The summed E-state index contributed by atoms with van der Waals surface area (Å²) in [5, 5.41) is 0.903. The molecule has 1 heteroatoms. The zero-order valence-electron chi connectivity index (χ0n) is 11.1. The van der Waals surface area contributed by atoms with E-state index in [0.717, 1.165) is 5.33 Å². The van der Waals surface area contributed by atoms with Crippen LogP contribution in [-0.4, -0.2) is 0 Å². The van der Waals surface area contributed by atoms with Crippen LogP contribution in [0.25, 0.3) is 22.3 Å². The van der Waals surface area contributed by atoms with Crippen molar-refractivity contribution in [3.63, 3.8) is 0 Å². The fraction of sp³-hybridized carbons (Fsp3) is 0.0526. The molecule has 3 aromatic rings. The van der Waals surface area contributed by atoms with Gasteiger partial charge in [-0.25, -0.2) is 0 Å².